The van der Waals surface area contributed by atoms with Crippen molar-refractivity contribution in [2.75, 3.05) is 17.4 Å². The molecule has 1 amide bonds. The summed E-state index contributed by atoms with van der Waals surface area (Å²) in [6.07, 6.45) is 1.38. The summed E-state index contributed by atoms with van der Waals surface area (Å²) in [6.45, 7) is 0. The first-order valence-corrected chi connectivity index (χ1v) is 6.35. The monoisotopic (exact) mass is 301 g/mol. The summed E-state index contributed by atoms with van der Waals surface area (Å²) in [6, 6.07) is 10.3. The van der Waals surface area contributed by atoms with E-state index in [0.29, 0.717) is 22.6 Å². The fourth-order valence-electron chi connectivity index (χ4n) is 1.76. The van der Waals surface area contributed by atoms with Crippen LogP contribution in [0.25, 0.3) is 0 Å². The number of nitrogens with one attached hydrogen (secondary N) is 1. The summed E-state index contributed by atoms with van der Waals surface area (Å²) in [5, 5.41) is 9.15. The van der Waals surface area contributed by atoms with Crippen LogP contribution in [0.5, 0.6) is 0 Å². The summed E-state index contributed by atoms with van der Waals surface area (Å²) < 4.78 is 0. The van der Waals surface area contributed by atoms with Gasteiger partial charge in [0.1, 0.15) is 0 Å². The molecule has 0 saturated heterocycles. The zero-order valence-electron chi connectivity index (χ0n) is 11.2. The van der Waals surface area contributed by atoms with Crippen LogP contribution in [0.2, 0.25) is 5.02 Å². The van der Waals surface area contributed by atoms with Gasteiger partial charge in [0, 0.05) is 18.9 Å². The number of nitriles is 1. The van der Waals surface area contributed by atoms with E-state index in [1.54, 1.807) is 31.3 Å². The number of hydrogen-bond acceptors (Lipinski definition) is 5. The van der Waals surface area contributed by atoms with Gasteiger partial charge < -0.3 is 10.3 Å². The van der Waals surface area contributed by atoms with Crippen molar-refractivity contribution in [1.29, 1.82) is 5.26 Å². The first kappa shape index (κ1) is 14.8. The number of hydrogen-bond donors (Lipinski definition) is 2. The number of anilines is 2. The van der Waals surface area contributed by atoms with Gasteiger partial charge in [0.2, 0.25) is 0 Å². The summed E-state index contributed by atoms with van der Waals surface area (Å²) in [5.41, 5.74) is 3.74. The largest absolute Gasteiger partial charge is 0.311 e. The molecule has 0 aliphatic heterocycles. The zero-order chi connectivity index (χ0) is 15.4. The number of aromatic nitrogens is 1. The second-order valence-electron chi connectivity index (χ2n) is 4.23. The molecule has 2 rings (SSSR count). The van der Waals surface area contributed by atoms with Crippen molar-refractivity contribution >= 4 is 29.0 Å². The highest BCUT2D eigenvalue weighted by Gasteiger charge is 2.16. The molecule has 1 aromatic heterocycles. The van der Waals surface area contributed by atoms with Gasteiger partial charge in [0.05, 0.1) is 22.2 Å². The maximum Gasteiger partial charge on any atom is 0.259 e. The molecule has 0 fully saturated rings. The molecule has 0 saturated carbocycles. The van der Waals surface area contributed by atoms with E-state index >= 15 is 0 Å². The van der Waals surface area contributed by atoms with Crippen molar-refractivity contribution in [2.24, 2.45) is 5.84 Å². The van der Waals surface area contributed by atoms with Gasteiger partial charge in [-0.2, -0.15) is 5.26 Å². The molecular formula is C14H12ClN5O. The van der Waals surface area contributed by atoms with Crippen LogP contribution >= 0.6 is 11.6 Å². The average molecular weight is 302 g/mol. The van der Waals surface area contributed by atoms with Crippen molar-refractivity contribution < 1.29 is 4.79 Å². The third-order valence-electron chi connectivity index (χ3n) is 2.89. The van der Waals surface area contributed by atoms with E-state index < -0.39 is 0 Å². The summed E-state index contributed by atoms with van der Waals surface area (Å²) in [7, 11) is 1.61. The second kappa shape index (κ2) is 6.22. The van der Waals surface area contributed by atoms with Gasteiger partial charge in [-0.25, -0.2) is 10.8 Å². The van der Waals surface area contributed by atoms with E-state index in [2.05, 4.69) is 10.4 Å². The van der Waals surface area contributed by atoms with Gasteiger partial charge in [0.15, 0.2) is 5.82 Å². The van der Waals surface area contributed by atoms with Gasteiger partial charge >= 0.3 is 0 Å². The molecular weight excluding hydrogens is 290 g/mol. The predicted molar refractivity (Wildman–Crippen MR) is 80.9 cm³/mol. The third kappa shape index (κ3) is 3.11. The highest BCUT2D eigenvalue weighted by atomic mass is 35.5. The van der Waals surface area contributed by atoms with Gasteiger partial charge in [-0.15, -0.1) is 0 Å². The molecule has 0 radical (unpaired) electrons. The molecule has 106 valence electrons. The number of amides is 1. The van der Waals surface area contributed by atoms with E-state index in [0.717, 1.165) is 0 Å². The topological polar surface area (TPSA) is 95.0 Å². The number of carbonyl (C=O) groups excluding carboxylic acids is 1. The van der Waals surface area contributed by atoms with Crippen molar-refractivity contribution in [2.45, 2.75) is 0 Å². The van der Waals surface area contributed by atoms with Gasteiger partial charge in [-0.05, 0) is 24.3 Å². The Hall–Kier alpha value is -2.62. The molecule has 0 aliphatic carbocycles. The number of nitrogen functional groups attached to an aromatic ring is 1. The molecule has 1 heterocycles. The van der Waals surface area contributed by atoms with Crippen LogP contribution in [0, 0.1) is 11.3 Å². The minimum Gasteiger partial charge on any atom is -0.311 e. The Labute approximate surface area is 126 Å². The number of nitrogens with zero attached hydrogens (tertiary/aromatic N) is 3. The molecule has 21 heavy (non-hydrogen) atoms. The fraction of sp³-hybridized carbons (Fsp3) is 0.0714. The Morgan fingerprint density at radius 2 is 2.24 bits per heavy atom. The lowest BCUT2D eigenvalue weighted by Gasteiger charge is -2.17. The first-order chi connectivity index (χ1) is 10.1. The number of hydrazine groups is 1. The Kier molecular flexibility index (Phi) is 4.38. The Balaban J connectivity index is 2.30. The van der Waals surface area contributed by atoms with Crippen LogP contribution in [0.15, 0.2) is 36.5 Å². The Morgan fingerprint density at radius 3 is 2.86 bits per heavy atom. The highest BCUT2D eigenvalue weighted by molar-refractivity contribution is 6.33. The number of carbonyl (C=O) groups is 1. The van der Waals surface area contributed by atoms with Gasteiger partial charge in [-0.1, -0.05) is 17.7 Å². The second-order valence-corrected chi connectivity index (χ2v) is 4.63. The minimum absolute atomic E-state index is 0.252. The quantitative estimate of drug-likeness (QED) is 0.669. The average Bonchev–Trinajstić information content (AvgIpc) is 2.53. The van der Waals surface area contributed by atoms with E-state index in [1.165, 1.54) is 17.2 Å². The molecule has 2 aromatic rings. The van der Waals surface area contributed by atoms with E-state index in [4.69, 9.17) is 22.7 Å². The van der Waals surface area contributed by atoms with Gasteiger partial charge in [-0.3, -0.25) is 4.79 Å². The van der Waals surface area contributed by atoms with Crippen LogP contribution in [0.3, 0.4) is 0 Å². The van der Waals surface area contributed by atoms with E-state index in [9.17, 15) is 4.79 Å². The lowest BCUT2D eigenvalue weighted by atomic mass is 10.2. The number of rotatable bonds is 3. The molecule has 1 aromatic carbocycles. The van der Waals surface area contributed by atoms with Crippen LogP contribution in [0.1, 0.15) is 15.9 Å². The lowest BCUT2D eigenvalue weighted by molar-refractivity contribution is 0.0992. The molecule has 0 bridgehead atoms. The Morgan fingerprint density at radius 1 is 1.48 bits per heavy atom. The normalized spacial score (nSPS) is 9.81. The van der Waals surface area contributed by atoms with E-state index in [-0.39, 0.29) is 10.9 Å². The van der Waals surface area contributed by atoms with Crippen LogP contribution in [-0.2, 0) is 0 Å². The third-order valence-corrected chi connectivity index (χ3v) is 3.18. The van der Waals surface area contributed by atoms with Crippen LogP contribution < -0.4 is 16.2 Å². The smallest absolute Gasteiger partial charge is 0.259 e. The fourth-order valence-corrected chi connectivity index (χ4v) is 1.98. The minimum atomic E-state index is -0.289. The number of halogens is 1. The molecule has 0 unspecified atom stereocenters. The molecule has 3 N–H and O–H groups in total. The summed E-state index contributed by atoms with van der Waals surface area (Å²) >= 11 is 5.95. The molecule has 0 spiro atoms. The zero-order valence-corrected chi connectivity index (χ0v) is 11.9. The Bertz CT molecular complexity index is 726. The number of benzene rings is 1. The summed E-state index contributed by atoms with van der Waals surface area (Å²) in [5.74, 6) is 5.24. The predicted octanol–water partition coefficient (Wildman–Crippen LogP) is 2.17. The lowest BCUT2D eigenvalue weighted by Crippen LogP contribution is -2.26. The van der Waals surface area contributed by atoms with Crippen molar-refractivity contribution in [1.82, 2.24) is 4.98 Å². The standard InChI is InChI=1S/C14H12ClN5O/c1-20(11-4-2-3-9(5-11)7-16)14(21)10-6-12(15)13(19-17)18-8-10/h2-6,8H,17H2,1H3,(H,18,19). The highest BCUT2D eigenvalue weighted by Crippen LogP contribution is 2.22. The number of pyridine rings is 1. The number of nitrogens with two attached hydrogens (primary N) is 1. The molecule has 7 heteroatoms. The van der Waals surface area contributed by atoms with Crippen molar-refractivity contribution in [3.05, 3.63) is 52.7 Å². The van der Waals surface area contributed by atoms with Crippen molar-refractivity contribution in [3.63, 3.8) is 0 Å². The first-order valence-electron chi connectivity index (χ1n) is 5.97. The molecule has 0 atom stereocenters. The maximum atomic E-state index is 12.4. The maximum absolute atomic E-state index is 12.4. The van der Waals surface area contributed by atoms with E-state index in [1.807, 2.05) is 6.07 Å². The van der Waals surface area contributed by atoms with Crippen LogP contribution in [0.4, 0.5) is 11.5 Å². The van der Waals surface area contributed by atoms with Crippen LogP contribution in [-0.4, -0.2) is 17.9 Å². The molecule has 0 aliphatic rings. The summed E-state index contributed by atoms with van der Waals surface area (Å²) in [4.78, 5) is 17.8. The SMILES string of the molecule is CN(C(=O)c1cnc(NN)c(Cl)c1)c1cccc(C#N)c1. The molecule has 6 nitrogen and oxygen atoms in total. The van der Waals surface area contributed by atoms with Crippen molar-refractivity contribution in [3.8, 4) is 6.07 Å². The van der Waals surface area contributed by atoms with Gasteiger partial charge in [0.25, 0.3) is 5.91 Å².